The second-order valence-electron chi connectivity index (χ2n) is 10.2. The first-order valence-electron chi connectivity index (χ1n) is 11.8. The van der Waals surface area contributed by atoms with Gasteiger partial charge < -0.3 is 9.80 Å². The maximum Gasteiger partial charge on any atom is 0.222 e. The van der Waals surface area contributed by atoms with Gasteiger partial charge in [-0.05, 0) is 55.2 Å². The highest BCUT2D eigenvalue weighted by Gasteiger charge is 2.46. The van der Waals surface area contributed by atoms with E-state index >= 15 is 0 Å². The molecular formula is C26H34N4O. The van der Waals surface area contributed by atoms with Gasteiger partial charge in [0.15, 0.2) is 0 Å². The van der Waals surface area contributed by atoms with Gasteiger partial charge in [-0.3, -0.25) is 14.8 Å². The molecule has 2 bridgehead atoms. The molecule has 1 aliphatic carbocycles. The van der Waals surface area contributed by atoms with Gasteiger partial charge in [0.1, 0.15) is 0 Å². The van der Waals surface area contributed by atoms with E-state index in [1.807, 2.05) is 18.5 Å². The predicted molar refractivity (Wildman–Crippen MR) is 126 cm³/mol. The third kappa shape index (κ3) is 3.89. The van der Waals surface area contributed by atoms with Crippen LogP contribution < -0.4 is 0 Å². The van der Waals surface area contributed by atoms with Gasteiger partial charge in [-0.15, -0.1) is 0 Å². The Kier molecular flexibility index (Phi) is 5.55. The third-order valence-electron chi connectivity index (χ3n) is 7.87. The molecule has 1 amide bonds. The molecule has 2 unspecified atom stereocenters. The van der Waals surface area contributed by atoms with Crippen molar-refractivity contribution in [1.29, 1.82) is 0 Å². The van der Waals surface area contributed by atoms with E-state index in [0.717, 1.165) is 48.8 Å². The smallest absolute Gasteiger partial charge is 0.222 e. The zero-order valence-electron chi connectivity index (χ0n) is 19.0. The molecule has 2 saturated heterocycles. The van der Waals surface area contributed by atoms with Crippen molar-refractivity contribution in [3.8, 4) is 0 Å². The summed E-state index contributed by atoms with van der Waals surface area (Å²) in [6, 6.07) is 8.55. The van der Waals surface area contributed by atoms with Crippen molar-refractivity contribution in [3.05, 3.63) is 41.6 Å². The van der Waals surface area contributed by atoms with E-state index < -0.39 is 0 Å². The summed E-state index contributed by atoms with van der Waals surface area (Å²) in [7, 11) is 4.01. The quantitative estimate of drug-likeness (QED) is 0.709. The zero-order valence-corrected chi connectivity index (χ0v) is 19.0. The monoisotopic (exact) mass is 418 g/mol. The fraction of sp³-hybridized carbons (Fsp3) is 0.577. The number of benzene rings is 1. The fourth-order valence-corrected chi connectivity index (χ4v) is 6.48. The third-order valence-corrected chi connectivity index (χ3v) is 7.87. The summed E-state index contributed by atoms with van der Waals surface area (Å²) in [6.45, 7) is 6.35. The Hall–Kier alpha value is -2.27. The van der Waals surface area contributed by atoms with E-state index in [2.05, 4.69) is 51.9 Å². The number of carbonyl (C=O) groups excluding carboxylic acids is 1. The summed E-state index contributed by atoms with van der Waals surface area (Å²) in [6.07, 6.45) is 6.93. The first-order chi connectivity index (χ1) is 15.0. The van der Waals surface area contributed by atoms with Crippen molar-refractivity contribution in [1.82, 2.24) is 14.8 Å². The zero-order chi connectivity index (χ0) is 21.5. The van der Waals surface area contributed by atoms with Gasteiger partial charge in [0.25, 0.3) is 0 Å². The lowest BCUT2D eigenvalue weighted by Gasteiger charge is -2.53. The van der Waals surface area contributed by atoms with E-state index in [1.165, 1.54) is 30.5 Å². The van der Waals surface area contributed by atoms with E-state index in [1.54, 1.807) is 7.05 Å². The first kappa shape index (κ1) is 20.6. The summed E-state index contributed by atoms with van der Waals surface area (Å²) in [5, 5.41) is 1.20. The SMILES string of the molecule is C/N=C\c1ccc([C@H]2C[C@@H](C)CN(C(=O)CC3C4CC3CN(C)C4)C2)c2cccnc12. The molecule has 1 saturated carbocycles. The van der Waals surface area contributed by atoms with Crippen LogP contribution in [0.25, 0.3) is 10.9 Å². The molecule has 164 valence electrons. The molecule has 3 heterocycles. The molecule has 2 aromatic rings. The number of piperidine rings is 3. The average molecular weight is 419 g/mol. The molecule has 5 heteroatoms. The van der Waals surface area contributed by atoms with Gasteiger partial charge in [-0.2, -0.15) is 0 Å². The maximum atomic E-state index is 13.3. The molecule has 5 nitrogen and oxygen atoms in total. The molecule has 1 aromatic carbocycles. The minimum atomic E-state index is 0.360. The molecule has 5 rings (SSSR count). The molecule has 3 fully saturated rings. The largest absolute Gasteiger partial charge is 0.342 e. The summed E-state index contributed by atoms with van der Waals surface area (Å²) in [5.41, 5.74) is 3.39. The van der Waals surface area contributed by atoms with Crippen LogP contribution in [0.15, 0.2) is 35.5 Å². The second-order valence-corrected chi connectivity index (χ2v) is 10.2. The number of aromatic nitrogens is 1. The van der Waals surface area contributed by atoms with Crippen LogP contribution in [0.1, 0.15) is 43.2 Å². The number of rotatable bonds is 4. The van der Waals surface area contributed by atoms with E-state index in [-0.39, 0.29) is 0 Å². The Balaban J connectivity index is 1.35. The first-order valence-corrected chi connectivity index (χ1v) is 11.8. The van der Waals surface area contributed by atoms with Crippen LogP contribution in [0.4, 0.5) is 0 Å². The normalized spacial score (nSPS) is 31.2. The molecule has 3 aliphatic rings. The Morgan fingerprint density at radius 3 is 2.74 bits per heavy atom. The summed E-state index contributed by atoms with van der Waals surface area (Å²) in [5.74, 6) is 3.31. The van der Waals surface area contributed by atoms with Crippen LogP contribution in [0, 0.1) is 23.7 Å². The molecule has 1 aromatic heterocycles. The Labute approximate surface area is 185 Å². The second kappa shape index (κ2) is 8.34. The van der Waals surface area contributed by atoms with Gasteiger partial charge in [-0.1, -0.05) is 25.1 Å². The molecule has 2 aliphatic heterocycles. The molecule has 0 N–H and O–H groups in total. The molecular weight excluding hydrogens is 384 g/mol. The summed E-state index contributed by atoms with van der Waals surface area (Å²) in [4.78, 5) is 26.8. The highest BCUT2D eigenvalue weighted by Crippen LogP contribution is 2.47. The van der Waals surface area contributed by atoms with Crippen LogP contribution in [0.5, 0.6) is 0 Å². The highest BCUT2D eigenvalue weighted by atomic mass is 16.2. The van der Waals surface area contributed by atoms with Crippen molar-refractivity contribution in [3.63, 3.8) is 0 Å². The number of hydrogen-bond donors (Lipinski definition) is 0. The van der Waals surface area contributed by atoms with Crippen molar-refractivity contribution in [2.45, 2.75) is 32.1 Å². The van der Waals surface area contributed by atoms with Gasteiger partial charge in [0, 0.05) is 68.9 Å². The van der Waals surface area contributed by atoms with Crippen molar-refractivity contribution in [2.24, 2.45) is 28.7 Å². The van der Waals surface area contributed by atoms with Crippen molar-refractivity contribution < 1.29 is 4.79 Å². The summed E-state index contributed by atoms with van der Waals surface area (Å²) >= 11 is 0. The van der Waals surface area contributed by atoms with Crippen LogP contribution in [0.3, 0.4) is 0 Å². The molecule has 0 radical (unpaired) electrons. The number of fused-ring (bicyclic) bond motifs is 3. The lowest BCUT2D eigenvalue weighted by atomic mass is 9.60. The number of nitrogens with zero attached hydrogens (tertiary/aromatic N) is 4. The standard InChI is InChI=1S/C26H34N4O/c1-17-9-19(22-7-6-18(12-27-2)26-23(22)5-4-8-28-26)16-30(13-17)25(31)11-24-20-10-21(24)15-29(3)14-20/h4-8,12,17,19-21,24H,9-11,13-16H2,1-3H3/b27-12-/t17-,19+,20?,21?,24?/m1/s1. The number of hydrogen-bond acceptors (Lipinski definition) is 4. The highest BCUT2D eigenvalue weighted by molar-refractivity contribution is 5.99. The minimum absolute atomic E-state index is 0.360. The molecule has 31 heavy (non-hydrogen) atoms. The lowest BCUT2D eigenvalue weighted by molar-refractivity contribution is -0.139. The number of carbonyl (C=O) groups is 1. The minimum Gasteiger partial charge on any atom is -0.342 e. The van der Waals surface area contributed by atoms with Gasteiger partial charge in [0.05, 0.1) is 5.52 Å². The van der Waals surface area contributed by atoms with E-state index in [0.29, 0.717) is 23.7 Å². The number of aliphatic imine (C=N–C) groups is 1. The number of likely N-dealkylation sites (tertiary alicyclic amines) is 2. The maximum absolute atomic E-state index is 13.3. The number of amides is 1. The Bertz CT molecular complexity index is 990. The average Bonchev–Trinajstić information content (AvgIpc) is 2.77. The summed E-state index contributed by atoms with van der Waals surface area (Å²) < 4.78 is 0. The topological polar surface area (TPSA) is 48.8 Å². The van der Waals surface area contributed by atoms with Crippen LogP contribution in [-0.2, 0) is 4.79 Å². The number of pyridine rings is 1. The molecule has 4 atom stereocenters. The lowest BCUT2D eigenvalue weighted by Crippen LogP contribution is -2.55. The molecule has 0 spiro atoms. The fourth-order valence-electron chi connectivity index (χ4n) is 6.48. The van der Waals surface area contributed by atoms with Crippen LogP contribution >= 0.6 is 0 Å². The Morgan fingerprint density at radius 1 is 1.16 bits per heavy atom. The van der Waals surface area contributed by atoms with E-state index in [9.17, 15) is 4.79 Å². The van der Waals surface area contributed by atoms with E-state index in [4.69, 9.17) is 0 Å². The Morgan fingerprint density at radius 2 is 1.97 bits per heavy atom. The van der Waals surface area contributed by atoms with Crippen LogP contribution in [-0.4, -0.2) is 67.2 Å². The van der Waals surface area contributed by atoms with Crippen molar-refractivity contribution in [2.75, 3.05) is 40.3 Å². The predicted octanol–water partition coefficient (Wildman–Crippen LogP) is 3.82. The van der Waals surface area contributed by atoms with Gasteiger partial charge >= 0.3 is 0 Å². The van der Waals surface area contributed by atoms with Gasteiger partial charge in [-0.25, -0.2) is 0 Å². The van der Waals surface area contributed by atoms with Crippen molar-refractivity contribution >= 4 is 23.0 Å². The van der Waals surface area contributed by atoms with Gasteiger partial charge in [0.2, 0.25) is 5.91 Å². The van der Waals surface area contributed by atoms with Crippen LogP contribution in [0.2, 0.25) is 0 Å².